The molecule has 3 nitrogen and oxygen atoms in total. The molecular formula is C12H13F3N2O. The van der Waals surface area contributed by atoms with Crippen LogP contribution in [0.2, 0.25) is 0 Å². The van der Waals surface area contributed by atoms with Crippen LogP contribution in [-0.2, 0) is 11.0 Å². The number of hydrogen-bond acceptors (Lipinski definition) is 2. The third-order valence-electron chi connectivity index (χ3n) is 2.82. The zero-order valence-corrected chi connectivity index (χ0v) is 9.63. The average Bonchev–Trinajstić information content (AvgIpc) is 2.53. The largest absolute Gasteiger partial charge is 0.416 e. The first-order valence-corrected chi connectivity index (χ1v) is 5.67. The molecule has 1 heterocycles. The normalized spacial score (nSPS) is 17.7. The topological polar surface area (TPSA) is 32.3 Å². The lowest BCUT2D eigenvalue weighted by Gasteiger charge is -2.20. The predicted octanol–water partition coefficient (Wildman–Crippen LogP) is 2.03. The molecule has 1 fully saturated rings. The Morgan fingerprint density at radius 2 is 1.83 bits per heavy atom. The summed E-state index contributed by atoms with van der Waals surface area (Å²) in [6, 6.07) is 4.68. The van der Waals surface area contributed by atoms with Crippen LogP contribution in [0, 0.1) is 0 Å². The van der Waals surface area contributed by atoms with Gasteiger partial charge in [0.25, 0.3) is 0 Å². The van der Waals surface area contributed by atoms with Gasteiger partial charge in [-0.25, -0.2) is 0 Å². The Kier molecular flexibility index (Phi) is 3.56. The van der Waals surface area contributed by atoms with Gasteiger partial charge >= 0.3 is 6.18 Å². The maximum absolute atomic E-state index is 12.4. The van der Waals surface area contributed by atoms with E-state index in [2.05, 4.69) is 5.32 Å². The van der Waals surface area contributed by atoms with Gasteiger partial charge in [-0.3, -0.25) is 4.79 Å². The molecule has 18 heavy (non-hydrogen) atoms. The molecule has 0 saturated carbocycles. The quantitative estimate of drug-likeness (QED) is 0.836. The standard InChI is InChI=1S/C12H13F3N2O/c13-12(14,15)9-2-4-10(5-3-9)17-7-1-6-16-8-11(17)18/h2-5,16H,1,6-8H2. The van der Waals surface area contributed by atoms with Gasteiger partial charge in [-0.1, -0.05) is 0 Å². The lowest BCUT2D eigenvalue weighted by molar-refractivity contribution is -0.137. The molecule has 0 radical (unpaired) electrons. The fraction of sp³-hybridized carbons (Fsp3) is 0.417. The Balaban J connectivity index is 2.20. The van der Waals surface area contributed by atoms with Crippen molar-refractivity contribution >= 4 is 11.6 Å². The minimum Gasteiger partial charge on any atom is -0.311 e. The van der Waals surface area contributed by atoms with Crippen LogP contribution in [0.25, 0.3) is 0 Å². The Labute approximate surface area is 103 Å². The molecule has 1 amide bonds. The summed E-state index contributed by atoms with van der Waals surface area (Å²) in [6.07, 6.45) is -3.56. The lowest BCUT2D eigenvalue weighted by atomic mass is 10.2. The van der Waals surface area contributed by atoms with Crippen LogP contribution in [-0.4, -0.2) is 25.5 Å². The number of carbonyl (C=O) groups excluding carboxylic acids is 1. The van der Waals surface area contributed by atoms with E-state index in [9.17, 15) is 18.0 Å². The minimum absolute atomic E-state index is 0.118. The highest BCUT2D eigenvalue weighted by Gasteiger charge is 2.30. The highest BCUT2D eigenvalue weighted by Crippen LogP contribution is 2.30. The van der Waals surface area contributed by atoms with Gasteiger partial charge in [0.2, 0.25) is 5.91 Å². The summed E-state index contributed by atoms with van der Waals surface area (Å²) in [6.45, 7) is 1.49. The first kappa shape index (κ1) is 12.9. The van der Waals surface area contributed by atoms with E-state index in [1.54, 1.807) is 0 Å². The van der Waals surface area contributed by atoms with E-state index < -0.39 is 11.7 Å². The number of nitrogens with one attached hydrogen (secondary N) is 1. The van der Waals surface area contributed by atoms with Crippen LogP contribution in [0.3, 0.4) is 0 Å². The van der Waals surface area contributed by atoms with Crippen molar-refractivity contribution < 1.29 is 18.0 Å². The van der Waals surface area contributed by atoms with Crippen LogP contribution < -0.4 is 10.2 Å². The number of rotatable bonds is 1. The van der Waals surface area contributed by atoms with Gasteiger partial charge in [0.15, 0.2) is 0 Å². The number of amides is 1. The van der Waals surface area contributed by atoms with Gasteiger partial charge in [-0.2, -0.15) is 13.2 Å². The van der Waals surface area contributed by atoms with Crippen molar-refractivity contribution in [3.63, 3.8) is 0 Å². The number of alkyl halides is 3. The maximum atomic E-state index is 12.4. The average molecular weight is 258 g/mol. The van der Waals surface area contributed by atoms with E-state index >= 15 is 0 Å². The van der Waals surface area contributed by atoms with Crippen molar-refractivity contribution in [2.24, 2.45) is 0 Å². The number of carbonyl (C=O) groups is 1. The molecule has 0 aromatic heterocycles. The summed E-state index contributed by atoms with van der Waals surface area (Å²) in [5, 5.41) is 2.96. The Morgan fingerprint density at radius 1 is 1.17 bits per heavy atom. The second kappa shape index (κ2) is 4.97. The summed E-state index contributed by atoms with van der Waals surface area (Å²) in [5.74, 6) is -0.118. The van der Waals surface area contributed by atoms with Crippen molar-refractivity contribution in [1.29, 1.82) is 0 Å². The molecule has 98 valence electrons. The van der Waals surface area contributed by atoms with Crippen LogP contribution in [0.15, 0.2) is 24.3 Å². The second-order valence-corrected chi connectivity index (χ2v) is 4.12. The summed E-state index contributed by atoms with van der Waals surface area (Å²) in [4.78, 5) is 13.3. The van der Waals surface area contributed by atoms with Crippen LogP contribution in [0.4, 0.5) is 18.9 Å². The van der Waals surface area contributed by atoms with E-state index in [4.69, 9.17) is 0 Å². The molecule has 6 heteroatoms. The zero-order chi connectivity index (χ0) is 13.2. The Hall–Kier alpha value is -1.56. The summed E-state index contributed by atoms with van der Waals surface area (Å²) in [5.41, 5.74) is -0.191. The van der Waals surface area contributed by atoms with Gasteiger partial charge in [-0.05, 0) is 37.2 Å². The van der Waals surface area contributed by atoms with Crippen molar-refractivity contribution in [3.8, 4) is 0 Å². The van der Waals surface area contributed by atoms with Gasteiger partial charge in [0, 0.05) is 12.2 Å². The highest BCUT2D eigenvalue weighted by atomic mass is 19.4. The van der Waals surface area contributed by atoms with Crippen molar-refractivity contribution in [1.82, 2.24) is 5.32 Å². The molecule has 1 aromatic carbocycles. The third kappa shape index (κ3) is 2.81. The SMILES string of the molecule is O=C1CNCCCN1c1ccc(C(F)(F)F)cc1. The number of halogens is 3. The molecule has 1 aliphatic rings. The fourth-order valence-electron chi connectivity index (χ4n) is 1.88. The number of benzene rings is 1. The molecule has 1 aromatic rings. The molecule has 0 unspecified atom stereocenters. The summed E-state index contributed by atoms with van der Waals surface area (Å²) >= 11 is 0. The minimum atomic E-state index is -4.34. The van der Waals surface area contributed by atoms with Crippen molar-refractivity contribution in [2.75, 3.05) is 24.5 Å². The molecule has 1 saturated heterocycles. The number of anilines is 1. The lowest BCUT2D eigenvalue weighted by Crippen LogP contribution is -2.34. The molecule has 1 N–H and O–H groups in total. The van der Waals surface area contributed by atoms with Crippen LogP contribution >= 0.6 is 0 Å². The monoisotopic (exact) mass is 258 g/mol. The molecule has 0 bridgehead atoms. The van der Waals surface area contributed by atoms with E-state index in [0.717, 1.165) is 25.1 Å². The van der Waals surface area contributed by atoms with E-state index in [-0.39, 0.29) is 12.5 Å². The van der Waals surface area contributed by atoms with Gasteiger partial charge in [0.1, 0.15) is 0 Å². The molecule has 1 aliphatic heterocycles. The van der Waals surface area contributed by atoms with E-state index in [0.29, 0.717) is 12.2 Å². The smallest absolute Gasteiger partial charge is 0.311 e. The van der Waals surface area contributed by atoms with Crippen LogP contribution in [0.1, 0.15) is 12.0 Å². The van der Waals surface area contributed by atoms with Crippen molar-refractivity contribution in [2.45, 2.75) is 12.6 Å². The summed E-state index contributed by atoms with van der Waals surface area (Å²) in [7, 11) is 0. The first-order valence-electron chi connectivity index (χ1n) is 5.67. The third-order valence-corrected chi connectivity index (χ3v) is 2.82. The highest BCUT2D eigenvalue weighted by molar-refractivity contribution is 5.95. The van der Waals surface area contributed by atoms with E-state index in [1.807, 2.05) is 0 Å². The second-order valence-electron chi connectivity index (χ2n) is 4.12. The Morgan fingerprint density at radius 3 is 2.44 bits per heavy atom. The van der Waals surface area contributed by atoms with Crippen molar-refractivity contribution in [3.05, 3.63) is 29.8 Å². The molecule has 2 rings (SSSR count). The molecular weight excluding hydrogens is 245 g/mol. The first-order chi connectivity index (χ1) is 8.48. The van der Waals surface area contributed by atoms with E-state index in [1.165, 1.54) is 17.0 Å². The van der Waals surface area contributed by atoms with Gasteiger partial charge in [-0.15, -0.1) is 0 Å². The maximum Gasteiger partial charge on any atom is 0.416 e. The number of hydrogen-bond donors (Lipinski definition) is 1. The molecule has 0 aliphatic carbocycles. The molecule has 0 atom stereocenters. The summed E-state index contributed by atoms with van der Waals surface area (Å²) < 4.78 is 37.2. The fourth-order valence-corrected chi connectivity index (χ4v) is 1.88. The zero-order valence-electron chi connectivity index (χ0n) is 9.63. The van der Waals surface area contributed by atoms with Gasteiger partial charge in [0.05, 0.1) is 12.1 Å². The predicted molar refractivity (Wildman–Crippen MR) is 61.3 cm³/mol. The van der Waals surface area contributed by atoms with Crippen LogP contribution in [0.5, 0.6) is 0 Å². The number of nitrogens with zero attached hydrogens (tertiary/aromatic N) is 1. The van der Waals surface area contributed by atoms with Gasteiger partial charge < -0.3 is 10.2 Å². The Bertz CT molecular complexity index is 428. The molecule has 0 spiro atoms.